The zero-order valence-electron chi connectivity index (χ0n) is 14.3. The number of rotatable bonds is 5. The topological polar surface area (TPSA) is 0 Å². The Kier molecular flexibility index (Phi) is 6.24. The highest BCUT2D eigenvalue weighted by molar-refractivity contribution is 5.40. The van der Waals surface area contributed by atoms with E-state index in [1.54, 1.807) is 11.1 Å². The summed E-state index contributed by atoms with van der Waals surface area (Å²) in [5, 5.41) is 0. The number of hydrogen-bond acceptors (Lipinski definition) is 0. The van der Waals surface area contributed by atoms with Crippen molar-refractivity contribution >= 4 is 0 Å². The number of allylic oxidation sites excluding steroid dienone is 10. The zero-order chi connectivity index (χ0) is 15.9. The fourth-order valence-corrected chi connectivity index (χ4v) is 3.80. The molecule has 22 heavy (non-hydrogen) atoms. The SMILES string of the molecule is C=CC=CC=C(C)C=C(C)CC1CCC2=C(CCCC2)C1=C. The Hall–Kier alpha value is -1.56. The third-order valence-corrected chi connectivity index (χ3v) is 4.91. The van der Waals surface area contributed by atoms with Gasteiger partial charge in [0, 0.05) is 0 Å². The predicted octanol–water partition coefficient (Wildman–Crippen LogP) is 6.85. The van der Waals surface area contributed by atoms with Gasteiger partial charge in [-0.15, -0.1) is 0 Å². The van der Waals surface area contributed by atoms with Crippen LogP contribution in [0.2, 0.25) is 0 Å². The van der Waals surface area contributed by atoms with Crippen molar-refractivity contribution in [1.29, 1.82) is 0 Å². The van der Waals surface area contributed by atoms with E-state index in [0.29, 0.717) is 5.92 Å². The molecular weight excluding hydrogens is 264 g/mol. The van der Waals surface area contributed by atoms with Gasteiger partial charge in [-0.3, -0.25) is 0 Å². The molecule has 0 saturated heterocycles. The summed E-state index contributed by atoms with van der Waals surface area (Å²) in [6, 6.07) is 0. The summed E-state index contributed by atoms with van der Waals surface area (Å²) in [5.74, 6) is 0.657. The van der Waals surface area contributed by atoms with E-state index in [4.69, 9.17) is 0 Å². The van der Waals surface area contributed by atoms with E-state index < -0.39 is 0 Å². The van der Waals surface area contributed by atoms with Gasteiger partial charge in [0.2, 0.25) is 0 Å². The minimum atomic E-state index is 0.657. The Morgan fingerprint density at radius 2 is 1.91 bits per heavy atom. The molecule has 0 aromatic rings. The monoisotopic (exact) mass is 294 g/mol. The van der Waals surface area contributed by atoms with Gasteiger partial charge in [0.1, 0.15) is 0 Å². The van der Waals surface area contributed by atoms with Crippen LogP contribution >= 0.6 is 0 Å². The highest BCUT2D eigenvalue weighted by atomic mass is 14.3. The van der Waals surface area contributed by atoms with Crippen LogP contribution in [0.3, 0.4) is 0 Å². The van der Waals surface area contributed by atoms with Gasteiger partial charge in [-0.1, -0.05) is 60.3 Å². The summed E-state index contributed by atoms with van der Waals surface area (Å²) >= 11 is 0. The molecule has 0 radical (unpaired) electrons. The van der Waals surface area contributed by atoms with Gasteiger partial charge in [-0.25, -0.2) is 0 Å². The minimum Gasteiger partial charge on any atom is -0.0991 e. The zero-order valence-corrected chi connectivity index (χ0v) is 14.3. The van der Waals surface area contributed by atoms with Crippen LogP contribution < -0.4 is 0 Å². The van der Waals surface area contributed by atoms with Crippen LogP contribution in [0.25, 0.3) is 0 Å². The molecule has 1 atom stereocenters. The smallest absolute Gasteiger partial charge is 0.0125 e. The van der Waals surface area contributed by atoms with Crippen molar-refractivity contribution in [3.05, 3.63) is 71.4 Å². The molecule has 0 nitrogen and oxygen atoms in total. The molecule has 0 aromatic heterocycles. The summed E-state index contributed by atoms with van der Waals surface area (Å²) in [5.41, 5.74) is 7.57. The first-order valence-corrected chi connectivity index (χ1v) is 8.65. The van der Waals surface area contributed by atoms with Crippen LogP contribution in [0.1, 0.15) is 58.8 Å². The minimum absolute atomic E-state index is 0.657. The lowest BCUT2D eigenvalue weighted by atomic mass is 9.73. The fraction of sp³-hybridized carbons (Fsp3) is 0.455. The summed E-state index contributed by atoms with van der Waals surface area (Å²) < 4.78 is 0. The molecule has 0 fully saturated rings. The molecule has 2 aliphatic carbocycles. The Bertz CT molecular complexity index is 549. The lowest BCUT2D eigenvalue weighted by Crippen LogP contribution is -2.16. The van der Waals surface area contributed by atoms with Crippen molar-refractivity contribution < 1.29 is 0 Å². The van der Waals surface area contributed by atoms with Crippen molar-refractivity contribution in [3.63, 3.8) is 0 Å². The lowest BCUT2D eigenvalue weighted by molar-refractivity contribution is 0.498. The third-order valence-electron chi connectivity index (χ3n) is 4.91. The maximum atomic E-state index is 4.45. The lowest BCUT2D eigenvalue weighted by Gasteiger charge is -2.33. The first-order valence-electron chi connectivity index (χ1n) is 8.65. The van der Waals surface area contributed by atoms with Crippen LogP contribution in [0.4, 0.5) is 0 Å². The van der Waals surface area contributed by atoms with Crippen molar-refractivity contribution in [3.8, 4) is 0 Å². The molecule has 0 bridgehead atoms. The Morgan fingerprint density at radius 3 is 2.68 bits per heavy atom. The standard InChI is InChI=1S/C22H30/c1-5-6-7-10-17(2)15-18(3)16-21-14-13-20-11-8-9-12-22(20)19(21)4/h5-7,10,15,21H,1,4,8-9,11-14,16H2,2-3H3. The van der Waals surface area contributed by atoms with Gasteiger partial charge < -0.3 is 0 Å². The average Bonchev–Trinajstić information content (AvgIpc) is 2.50. The van der Waals surface area contributed by atoms with Crippen LogP contribution in [0, 0.1) is 5.92 Å². The van der Waals surface area contributed by atoms with Gasteiger partial charge in [-0.2, -0.15) is 0 Å². The van der Waals surface area contributed by atoms with E-state index in [9.17, 15) is 0 Å². The summed E-state index contributed by atoms with van der Waals surface area (Å²) in [7, 11) is 0. The summed E-state index contributed by atoms with van der Waals surface area (Å²) in [6.07, 6.45) is 19.4. The number of hydrogen-bond donors (Lipinski definition) is 0. The van der Waals surface area contributed by atoms with Crippen molar-refractivity contribution in [1.82, 2.24) is 0 Å². The second kappa shape index (κ2) is 8.17. The molecule has 0 saturated carbocycles. The van der Waals surface area contributed by atoms with E-state index in [1.807, 2.05) is 18.2 Å². The largest absolute Gasteiger partial charge is 0.0991 e. The predicted molar refractivity (Wildman–Crippen MR) is 98.8 cm³/mol. The Labute approximate surface area is 136 Å². The van der Waals surface area contributed by atoms with Crippen molar-refractivity contribution in [2.24, 2.45) is 5.92 Å². The first kappa shape index (κ1) is 16.8. The molecule has 1 unspecified atom stereocenters. The molecule has 0 aromatic carbocycles. The van der Waals surface area contributed by atoms with Crippen LogP contribution in [-0.4, -0.2) is 0 Å². The van der Waals surface area contributed by atoms with Crippen LogP contribution in [-0.2, 0) is 0 Å². The maximum Gasteiger partial charge on any atom is -0.0125 e. The van der Waals surface area contributed by atoms with E-state index in [1.165, 1.54) is 55.2 Å². The van der Waals surface area contributed by atoms with Crippen LogP contribution in [0.15, 0.2) is 71.4 Å². The molecular formula is C22H30. The Balaban J connectivity index is 2.00. The van der Waals surface area contributed by atoms with E-state index in [2.05, 4.69) is 39.2 Å². The van der Waals surface area contributed by atoms with Gasteiger partial charge in [0.25, 0.3) is 0 Å². The molecule has 2 aliphatic rings. The normalized spacial score (nSPS) is 23.9. The average molecular weight is 294 g/mol. The summed E-state index contributed by atoms with van der Waals surface area (Å²) in [4.78, 5) is 0. The molecule has 2 rings (SSSR count). The molecule has 0 amide bonds. The Morgan fingerprint density at radius 1 is 1.14 bits per heavy atom. The molecule has 118 valence electrons. The van der Waals surface area contributed by atoms with E-state index >= 15 is 0 Å². The van der Waals surface area contributed by atoms with Crippen molar-refractivity contribution in [2.45, 2.75) is 58.8 Å². The molecule has 0 heteroatoms. The second-order valence-corrected chi connectivity index (χ2v) is 6.78. The highest BCUT2D eigenvalue weighted by Gasteiger charge is 2.26. The van der Waals surface area contributed by atoms with E-state index in [0.717, 1.165) is 6.42 Å². The van der Waals surface area contributed by atoms with Gasteiger partial charge in [0.05, 0.1) is 0 Å². The van der Waals surface area contributed by atoms with Gasteiger partial charge in [-0.05, 0) is 75.9 Å². The second-order valence-electron chi connectivity index (χ2n) is 6.78. The van der Waals surface area contributed by atoms with Crippen LogP contribution in [0.5, 0.6) is 0 Å². The van der Waals surface area contributed by atoms with Gasteiger partial charge >= 0.3 is 0 Å². The molecule has 0 N–H and O–H groups in total. The fourth-order valence-electron chi connectivity index (χ4n) is 3.80. The van der Waals surface area contributed by atoms with E-state index in [-0.39, 0.29) is 0 Å². The molecule has 0 aliphatic heterocycles. The highest BCUT2D eigenvalue weighted by Crippen LogP contribution is 2.42. The molecule has 0 spiro atoms. The third kappa shape index (κ3) is 4.47. The quantitative estimate of drug-likeness (QED) is 0.486. The molecule has 0 heterocycles. The van der Waals surface area contributed by atoms with Gasteiger partial charge in [0.15, 0.2) is 0 Å². The van der Waals surface area contributed by atoms with Crippen molar-refractivity contribution in [2.75, 3.05) is 0 Å². The summed E-state index contributed by atoms with van der Waals surface area (Å²) in [6.45, 7) is 12.6. The first-order chi connectivity index (χ1) is 10.6. The maximum absolute atomic E-state index is 4.45.